The van der Waals surface area contributed by atoms with E-state index in [1.54, 1.807) is 4.90 Å². The van der Waals surface area contributed by atoms with Crippen molar-refractivity contribution in [2.75, 3.05) is 26.2 Å². The van der Waals surface area contributed by atoms with E-state index in [0.717, 1.165) is 12.8 Å². The van der Waals surface area contributed by atoms with Crippen molar-refractivity contribution in [3.63, 3.8) is 0 Å². The van der Waals surface area contributed by atoms with Crippen LogP contribution in [0.4, 0.5) is 0 Å². The molecule has 0 unspecified atom stereocenters. The van der Waals surface area contributed by atoms with Gasteiger partial charge in [0.15, 0.2) is 5.69 Å². The fourth-order valence-electron chi connectivity index (χ4n) is 2.62. The summed E-state index contributed by atoms with van der Waals surface area (Å²) in [7, 11) is 0. The van der Waals surface area contributed by atoms with Crippen molar-refractivity contribution >= 4 is 11.8 Å². The van der Waals surface area contributed by atoms with Crippen molar-refractivity contribution in [1.29, 1.82) is 0 Å². The Morgan fingerprint density at radius 3 is 2.80 bits per heavy atom. The van der Waals surface area contributed by atoms with Gasteiger partial charge in [-0.2, -0.15) is 15.4 Å². The summed E-state index contributed by atoms with van der Waals surface area (Å²) >= 11 is 0. The van der Waals surface area contributed by atoms with Crippen molar-refractivity contribution in [3.05, 3.63) is 11.9 Å². The van der Waals surface area contributed by atoms with E-state index < -0.39 is 0 Å². The van der Waals surface area contributed by atoms with Gasteiger partial charge in [0.25, 0.3) is 5.91 Å². The third-order valence-corrected chi connectivity index (χ3v) is 3.77. The number of aromatic nitrogens is 3. The first kappa shape index (κ1) is 14.5. The largest absolute Gasteiger partial charge is 0.343 e. The number of rotatable bonds is 4. The number of nitrogens with zero attached hydrogens (tertiary/aromatic N) is 4. The van der Waals surface area contributed by atoms with Crippen LogP contribution in [0.25, 0.3) is 0 Å². The number of nitrogens with one attached hydrogen (secondary N) is 1. The Balaban J connectivity index is 2.01. The van der Waals surface area contributed by atoms with E-state index in [-0.39, 0.29) is 17.7 Å². The lowest BCUT2D eigenvalue weighted by atomic mass is 9.96. The normalized spacial score (nSPS) is 18.9. The van der Waals surface area contributed by atoms with Crippen molar-refractivity contribution in [1.82, 2.24) is 25.2 Å². The van der Waals surface area contributed by atoms with Gasteiger partial charge in [0, 0.05) is 26.2 Å². The zero-order valence-corrected chi connectivity index (χ0v) is 12.0. The topological polar surface area (TPSA) is 82.2 Å². The molecule has 1 atom stereocenters. The lowest BCUT2D eigenvalue weighted by Crippen LogP contribution is -2.46. The van der Waals surface area contributed by atoms with E-state index in [4.69, 9.17) is 0 Å². The summed E-state index contributed by atoms with van der Waals surface area (Å²) in [5.41, 5.74) is 0.306. The summed E-state index contributed by atoms with van der Waals surface area (Å²) in [6, 6.07) is 0. The Morgan fingerprint density at radius 1 is 1.45 bits per heavy atom. The number of piperidine rings is 1. The highest BCUT2D eigenvalue weighted by molar-refractivity contribution is 5.92. The van der Waals surface area contributed by atoms with E-state index in [2.05, 4.69) is 15.4 Å². The average Bonchev–Trinajstić information content (AvgIpc) is 3.02. The van der Waals surface area contributed by atoms with E-state index in [0.29, 0.717) is 31.9 Å². The molecule has 7 nitrogen and oxygen atoms in total. The second kappa shape index (κ2) is 6.49. The molecule has 20 heavy (non-hydrogen) atoms. The summed E-state index contributed by atoms with van der Waals surface area (Å²) in [5.74, 6) is -0.108. The van der Waals surface area contributed by atoms with Crippen molar-refractivity contribution < 1.29 is 9.59 Å². The quantitative estimate of drug-likeness (QED) is 0.871. The molecule has 1 aliphatic rings. The van der Waals surface area contributed by atoms with Crippen LogP contribution in [0.5, 0.6) is 0 Å². The zero-order chi connectivity index (χ0) is 14.5. The van der Waals surface area contributed by atoms with Gasteiger partial charge in [-0.3, -0.25) is 9.59 Å². The number of hydrogen-bond donors (Lipinski definition) is 1. The van der Waals surface area contributed by atoms with Crippen LogP contribution < -0.4 is 0 Å². The Morgan fingerprint density at radius 2 is 2.20 bits per heavy atom. The number of hydrogen-bond acceptors (Lipinski definition) is 4. The Labute approximate surface area is 118 Å². The van der Waals surface area contributed by atoms with Crippen molar-refractivity contribution in [2.45, 2.75) is 26.7 Å². The molecule has 2 amide bonds. The maximum Gasteiger partial charge on any atom is 0.276 e. The fourth-order valence-corrected chi connectivity index (χ4v) is 2.62. The highest BCUT2D eigenvalue weighted by Crippen LogP contribution is 2.20. The number of amides is 2. The number of carbonyl (C=O) groups is 2. The summed E-state index contributed by atoms with van der Waals surface area (Å²) in [5, 5.41) is 9.89. The molecule has 0 aliphatic carbocycles. The zero-order valence-electron chi connectivity index (χ0n) is 12.0. The van der Waals surface area contributed by atoms with Gasteiger partial charge in [0.05, 0.1) is 12.1 Å². The third kappa shape index (κ3) is 2.97. The van der Waals surface area contributed by atoms with Crippen molar-refractivity contribution in [3.8, 4) is 0 Å². The van der Waals surface area contributed by atoms with Crippen LogP contribution in [-0.4, -0.2) is 63.2 Å². The van der Waals surface area contributed by atoms with Gasteiger partial charge in [-0.15, -0.1) is 0 Å². The molecule has 0 radical (unpaired) electrons. The van der Waals surface area contributed by atoms with Gasteiger partial charge >= 0.3 is 0 Å². The first-order chi connectivity index (χ1) is 9.67. The molecule has 1 aromatic rings. The minimum absolute atomic E-state index is 0.0977. The molecule has 1 fully saturated rings. The van der Waals surface area contributed by atoms with Gasteiger partial charge < -0.3 is 9.80 Å². The summed E-state index contributed by atoms with van der Waals surface area (Å²) in [6.07, 6.45) is 3.11. The first-order valence-corrected chi connectivity index (χ1v) is 7.11. The van der Waals surface area contributed by atoms with Gasteiger partial charge in [0.2, 0.25) is 5.91 Å². The van der Waals surface area contributed by atoms with Crippen LogP contribution in [-0.2, 0) is 4.79 Å². The molecule has 1 aliphatic heterocycles. The molecule has 110 valence electrons. The molecule has 2 rings (SSSR count). The van der Waals surface area contributed by atoms with Gasteiger partial charge in [0.1, 0.15) is 0 Å². The molecule has 0 saturated carbocycles. The van der Waals surface area contributed by atoms with Gasteiger partial charge in [-0.05, 0) is 26.7 Å². The molecule has 2 heterocycles. The molecular weight excluding hydrogens is 258 g/mol. The number of aromatic amines is 1. The SMILES string of the molecule is CCN(CC)C(=O)[C@H]1CCCN(C(=O)c2cn[nH]n2)C1. The van der Waals surface area contributed by atoms with Crippen molar-refractivity contribution in [2.24, 2.45) is 5.92 Å². The van der Waals surface area contributed by atoms with Crippen LogP contribution in [0.1, 0.15) is 37.2 Å². The molecule has 0 spiro atoms. The average molecular weight is 279 g/mol. The van der Waals surface area contributed by atoms with E-state index in [1.165, 1.54) is 6.20 Å². The maximum atomic E-state index is 12.4. The predicted molar refractivity (Wildman–Crippen MR) is 72.9 cm³/mol. The summed E-state index contributed by atoms with van der Waals surface area (Å²) in [4.78, 5) is 28.1. The van der Waals surface area contributed by atoms with Gasteiger partial charge in [-0.1, -0.05) is 0 Å². The minimum atomic E-state index is -0.157. The van der Waals surface area contributed by atoms with Crippen LogP contribution >= 0.6 is 0 Å². The number of likely N-dealkylation sites (tertiary alicyclic amines) is 1. The predicted octanol–water partition coefficient (Wildman–Crippen LogP) is 0.525. The van der Waals surface area contributed by atoms with E-state index >= 15 is 0 Å². The third-order valence-electron chi connectivity index (χ3n) is 3.77. The van der Waals surface area contributed by atoms with Crippen LogP contribution in [0.3, 0.4) is 0 Å². The minimum Gasteiger partial charge on any atom is -0.343 e. The molecule has 1 aromatic heterocycles. The Kier molecular flexibility index (Phi) is 4.70. The molecule has 1 N–H and O–H groups in total. The monoisotopic (exact) mass is 279 g/mol. The van der Waals surface area contributed by atoms with Crippen LogP contribution in [0, 0.1) is 5.92 Å². The molecule has 0 aromatic carbocycles. The lowest BCUT2D eigenvalue weighted by molar-refractivity contribution is -0.136. The Hall–Kier alpha value is -1.92. The van der Waals surface area contributed by atoms with E-state index in [1.807, 2.05) is 18.7 Å². The summed E-state index contributed by atoms with van der Waals surface area (Å²) in [6.45, 7) is 6.52. The lowest BCUT2D eigenvalue weighted by Gasteiger charge is -2.34. The highest BCUT2D eigenvalue weighted by atomic mass is 16.2. The second-order valence-corrected chi connectivity index (χ2v) is 4.96. The van der Waals surface area contributed by atoms with Crippen LogP contribution in [0.15, 0.2) is 6.20 Å². The number of H-pyrrole nitrogens is 1. The first-order valence-electron chi connectivity index (χ1n) is 7.11. The smallest absolute Gasteiger partial charge is 0.276 e. The molecular formula is C13H21N5O2. The van der Waals surface area contributed by atoms with Gasteiger partial charge in [-0.25, -0.2) is 0 Å². The summed E-state index contributed by atoms with van der Waals surface area (Å²) < 4.78 is 0. The molecule has 0 bridgehead atoms. The number of carbonyl (C=O) groups excluding carboxylic acids is 2. The second-order valence-electron chi connectivity index (χ2n) is 4.96. The Bertz CT molecular complexity index is 455. The standard InChI is InChI=1S/C13H21N5O2/c1-3-17(4-2)12(19)10-6-5-7-18(9-10)13(20)11-8-14-16-15-11/h8,10H,3-7,9H2,1-2H3,(H,14,15,16)/t10-/m0/s1. The van der Waals surface area contributed by atoms with E-state index in [9.17, 15) is 9.59 Å². The van der Waals surface area contributed by atoms with Crippen LogP contribution in [0.2, 0.25) is 0 Å². The highest BCUT2D eigenvalue weighted by Gasteiger charge is 2.31. The molecule has 1 saturated heterocycles. The fraction of sp³-hybridized carbons (Fsp3) is 0.692. The maximum absolute atomic E-state index is 12.4. The molecule has 7 heteroatoms.